The smallest absolute Gasteiger partial charge is 0.205 e. The molecule has 2 aliphatic rings. The van der Waals surface area contributed by atoms with Crippen LogP contribution in [0.1, 0.15) is 57.9 Å². The summed E-state index contributed by atoms with van der Waals surface area (Å²) in [7, 11) is 0. The van der Waals surface area contributed by atoms with E-state index in [0.717, 1.165) is 30.7 Å². The van der Waals surface area contributed by atoms with Crippen molar-refractivity contribution in [3.63, 3.8) is 0 Å². The zero-order valence-corrected chi connectivity index (χ0v) is 15.7. The minimum absolute atomic E-state index is 0.0517. The van der Waals surface area contributed by atoms with Gasteiger partial charge in [0.1, 0.15) is 0 Å². The molecule has 0 aromatic heterocycles. The lowest BCUT2D eigenvalue weighted by Gasteiger charge is -2.32. The number of fused-ring (bicyclic) bond motifs is 1. The summed E-state index contributed by atoms with van der Waals surface area (Å²) < 4.78 is 0. The van der Waals surface area contributed by atoms with Crippen molar-refractivity contribution in [1.29, 1.82) is 0 Å². The molecule has 26 heavy (non-hydrogen) atoms. The van der Waals surface area contributed by atoms with E-state index in [4.69, 9.17) is 23.2 Å². The summed E-state index contributed by atoms with van der Waals surface area (Å²) >= 11 is 12.3. The second kappa shape index (κ2) is 7.02. The number of rotatable bonds is 2. The van der Waals surface area contributed by atoms with Gasteiger partial charge in [-0.2, -0.15) is 0 Å². The summed E-state index contributed by atoms with van der Waals surface area (Å²) in [5, 5.41) is 0.855. The number of hydrogen-bond donors (Lipinski definition) is 0. The van der Waals surface area contributed by atoms with Crippen molar-refractivity contribution in [2.24, 2.45) is 5.92 Å². The highest BCUT2D eigenvalue weighted by Gasteiger charge is 2.36. The molecule has 2 aromatic rings. The van der Waals surface area contributed by atoms with Gasteiger partial charge in [-0.3, -0.25) is 9.59 Å². The molecule has 0 heterocycles. The van der Waals surface area contributed by atoms with Gasteiger partial charge in [-0.1, -0.05) is 59.6 Å². The molecule has 0 atom stereocenters. The summed E-state index contributed by atoms with van der Waals surface area (Å²) in [4.78, 5) is 25.5. The second-order valence-electron chi connectivity index (χ2n) is 7.03. The van der Waals surface area contributed by atoms with Crippen molar-refractivity contribution in [3.05, 3.63) is 80.8 Å². The molecular weight excluding hydrogens is 367 g/mol. The van der Waals surface area contributed by atoms with Gasteiger partial charge in [-0.05, 0) is 55.2 Å². The first-order valence-corrected chi connectivity index (χ1v) is 9.65. The number of allylic oxidation sites excluding steroid dienone is 2. The number of carbonyl (C=O) groups excluding carboxylic acids is 2. The monoisotopic (exact) mass is 384 g/mol. The van der Waals surface area contributed by atoms with E-state index < -0.39 is 0 Å². The molecule has 0 aliphatic heterocycles. The van der Waals surface area contributed by atoms with Gasteiger partial charge in [-0.25, -0.2) is 0 Å². The van der Waals surface area contributed by atoms with Gasteiger partial charge in [0.25, 0.3) is 0 Å². The number of carbonyl (C=O) groups is 2. The molecule has 0 saturated heterocycles. The molecule has 132 valence electrons. The Bertz CT molecular complexity index is 904. The van der Waals surface area contributed by atoms with Crippen LogP contribution in [0.15, 0.2) is 59.1 Å². The lowest BCUT2D eigenvalue weighted by atomic mass is 9.72. The molecule has 2 aromatic carbocycles. The van der Waals surface area contributed by atoms with E-state index in [0.29, 0.717) is 22.6 Å². The van der Waals surface area contributed by atoms with E-state index in [-0.39, 0.29) is 22.5 Å². The van der Waals surface area contributed by atoms with E-state index in [9.17, 15) is 9.59 Å². The molecule has 0 radical (unpaired) electrons. The van der Waals surface area contributed by atoms with Crippen LogP contribution in [0.5, 0.6) is 0 Å². The van der Waals surface area contributed by atoms with E-state index in [1.165, 1.54) is 5.56 Å². The minimum Gasteiger partial charge on any atom is -0.289 e. The molecule has 4 heteroatoms. The first-order valence-electron chi connectivity index (χ1n) is 8.90. The lowest BCUT2D eigenvalue weighted by molar-refractivity contribution is 0.0966. The fourth-order valence-electron chi connectivity index (χ4n) is 4.18. The number of hydrogen-bond acceptors (Lipinski definition) is 2. The number of ketones is 2. The molecule has 4 rings (SSSR count). The van der Waals surface area contributed by atoms with Crippen LogP contribution in [-0.4, -0.2) is 11.6 Å². The van der Waals surface area contributed by atoms with E-state index in [1.807, 2.05) is 12.1 Å². The number of benzene rings is 2. The van der Waals surface area contributed by atoms with Gasteiger partial charge in [0, 0.05) is 21.7 Å². The van der Waals surface area contributed by atoms with Crippen molar-refractivity contribution in [2.75, 3.05) is 0 Å². The Morgan fingerprint density at radius 3 is 1.85 bits per heavy atom. The van der Waals surface area contributed by atoms with Gasteiger partial charge >= 0.3 is 0 Å². The van der Waals surface area contributed by atoms with Crippen LogP contribution in [-0.2, 0) is 0 Å². The third kappa shape index (κ3) is 3.02. The van der Waals surface area contributed by atoms with Gasteiger partial charge in [-0.15, -0.1) is 0 Å². The summed E-state index contributed by atoms with van der Waals surface area (Å²) in [6, 6.07) is 14.9. The Morgan fingerprint density at radius 2 is 1.23 bits per heavy atom. The van der Waals surface area contributed by atoms with E-state index in [1.54, 1.807) is 24.3 Å². The first-order chi connectivity index (χ1) is 12.6. The molecule has 0 amide bonds. The van der Waals surface area contributed by atoms with Crippen LogP contribution in [0.3, 0.4) is 0 Å². The highest BCUT2D eigenvalue weighted by Crippen LogP contribution is 2.43. The highest BCUT2D eigenvalue weighted by molar-refractivity contribution is 6.50. The van der Waals surface area contributed by atoms with Crippen LogP contribution in [0.4, 0.5) is 0 Å². The fourth-order valence-corrected chi connectivity index (χ4v) is 4.65. The van der Waals surface area contributed by atoms with Crippen molar-refractivity contribution >= 4 is 34.8 Å². The van der Waals surface area contributed by atoms with Crippen molar-refractivity contribution in [2.45, 2.75) is 31.6 Å². The largest absolute Gasteiger partial charge is 0.289 e. The summed E-state index contributed by atoms with van der Waals surface area (Å²) in [5.74, 6) is 0.206. The third-order valence-electron chi connectivity index (χ3n) is 5.57. The Morgan fingerprint density at radius 1 is 0.692 bits per heavy atom. The first kappa shape index (κ1) is 17.5. The molecule has 0 spiro atoms. The average molecular weight is 385 g/mol. The van der Waals surface area contributed by atoms with Crippen molar-refractivity contribution < 1.29 is 9.59 Å². The van der Waals surface area contributed by atoms with Crippen LogP contribution in [0, 0.1) is 5.92 Å². The lowest BCUT2D eigenvalue weighted by Crippen LogP contribution is -2.27. The second-order valence-corrected chi connectivity index (χ2v) is 7.85. The summed E-state index contributed by atoms with van der Waals surface area (Å²) in [6.45, 7) is 0. The molecule has 2 nitrogen and oxygen atoms in total. The maximum Gasteiger partial charge on any atom is 0.205 e. The van der Waals surface area contributed by atoms with Gasteiger partial charge in [0.2, 0.25) is 5.78 Å². The molecule has 1 saturated carbocycles. The molecule has 0 N–H and O–H groups in total. The normalized spacial score (nSPS) is 23.2. The highest BCUT2D eigenvalue weighted by atomic mass is 35.5. The predicted octanol–water partition coefficient (Wildman–Crippen LogP) is 6.19. The fraction of sp³-hybridized carbons (Fsp3) is 0.273. The Labute approximate surface area is 162 Å². The number of halogens is 2. The number of Topliss-reactive ketones (excluding diaryl/α,β-unsaturated/α-hetero) is 2. The van der Waals surface area contributed by atoms with Gasteiger partial charge in [0.15, 0.2) is 5.78 Å². The molecule has 2 aliphatic carbocycles. The van der Waals surface area contributed by atoms with E-state index >= 15 is 0 Å². The van der Waals surface area contributed by atoms with E-state index in [2.05, 4.69) is 12.1 Å². The molecule has 1 fully saturated rings. The predicted molar refractivity (Wildman–Crippen MR) is 104 cm³/mol. The van der Waals surface area contributed by atoms with Crippen LogP contribution >= 0.6 is 23.2 Å². The third-order valence-corrected chi connectivity index (χ3v) is 6.20. The quantitative estimate of drug-likeness (QED) is 0.618. The minimum atomic E-state index is -0.225. The molecular formula is C22H18Cl2O2. The van der Waals surface area contributed by atoms with Crippen LogP contribution < -0.4 is 0 Å². The maximum absolute atomic E-state index is 13.0. The zero-order chi connectivity index (χ0) is 18.3. The Kier molecular flexibility index (Phi) is 4.73. The van der Waals surface area contributed by atoms with Crippen molar-refractivity contribution in [3.8, 4) is 0 Å². The Balaban J connectivity index is 1.56. The van der Waals surface area contributed by atoms with Gasteiger partial charge < -0.3 is 0 Å². The van der Waals surface area contributed by atoms with Crippen LogP contribution in [0.25, 0.3) is 0 Å². The zero-order valence-electron chi connectivity index (χ0n) is 14.2. The standard InChI is InChI=1S/C22H18Cl2O2/c23-16-11-9-14(10-12-16)13-5-7-15(8-6-13)19-20(24)22(26)18-4-2-1-3-17(18)21(19)25/h1-4,9-13,15H,5-8H2. The Hall–Kier alpha value is -1.90. The SMILES string of the molecule is O=C1C(Cl)=C(C2CCC(c3ccc(Cl)cc3)CC2)C(=O)c2ccccc21. The molecule has 0 bridgehead atoms. The van der Waals surface area contributed by atoms with Gasteiger partial charge in [0.05, 0.1) is 5.03 Å². The molecule has 0 unspecified atom stereocenters. The van der Waals surface area contributed by atoms with Crippen molar-refractivity contribution in [1.82, 2.24) is 0 Å². The average Bonchev–Trinajstić information content (AvgIpc) is 2.68. The summed E-state index contributed by atoms with van der Waals surface area (Å²) in [5.41, 5.74) is 2.70. The maximum atomic E-state index is 13.0. The topological polar surface area (TPSA) is 34.1 Å². The summed E-state index contributed by atoms with van der Waals surface area (Å²) in [6.07, 6.45) is 3.67. The van der Waals surface area contributed by atoms with Crippen LogP contribution in [0.2, 0.25) is 5.02 Å².